The van der Waals surface area contributed by atoms with E-state index in [4.69, 9.17) is 14.5 Å². The van der Waals surface area contributed by atoms with E-state index in [2.05, 4.69) is 15.9 Å². The third-order valence-electron chi connectivity index (χ3n) is 7.79. The predicted octanol–water partition coefficient (Wildman–Crippen LogP) is 6.49. The third kappa shape index (κ3) is 5.80. The van der Waals surface area contributed by atoms with E-state index in [0.29, 0.717) is 49.4 Å². The number of esters is 1. The Labute approximate surface area is 271 Å². The lowest BCUT2D eigenvalue weighted by molar-refractivity contribution is -0.139. The molecule has 3 heterocycles. The first-order valence-corrected chi connectivity index (χ1v) is 16.3. The highest BCUT2D eigenvalue weighted by Gasteiger charge is 2.34. The van der Waals surface area contributed by atoms with E-state index < -0.39 is 12.0 Å². The highest BCUT2D eigenvalue weighted by atomic mass is 79.9. The number of carbonyl (C=O) groups is 1. The van der Waals surface area contributed by atoms with Crippen LogP contribution >= 0.6 is 27.3 Å². The van der Waals surface area contributed by atoms with E-state index >= 15 is 0 Å². The van der Waals surface area contributed by atoms with Gasteiger partial charge in [-0.15, -0.1) is 0 Å². The molecule has 0 amide bonds. The minimum Gasteiger partial charge on any atom is -0.496 e. The predicted molar refractivity (Wildman–Crippen MR) is 178 cm³/mol. The number of benzene rings is 3. The molecule has 0 spiro atoms. The molecule has 0 fully saturated rings. The molecule has 10 heteroatoms. The summed E-state index contributed by atoms with van der Waals surface area (Å²) in [5, 5.41) is 0.939. The van der Waals surface area contributed by atoms with Gasteiger partial charge in [0.25, 0.3) is 5.56 Å². The Morgan fingerprint density at radius 3 is 2.62 bits per heavy atom. The van der Waals surface area contributed by atoms with Crippen molar-refractivity contribution in [3.8, 4) is 5.75 Å². The van der Waals surface area contributed by atoms with Gasteiger partial charge >= 0.3 is 5.97 Å². The molecule has 5 aromatic rings. The zero-order valence-corrected chi connectivity index (χ0v) is 27.5. The van der Waals surface area contributed by atoms with Gasteiger partial charge in [0.15, 0.2) is 4.80 Å². The number of fused-ring (bicyclic) bond motifs is 2. The van der Waals surface area contributed by atoms with Gasteiger partial charge in [0, 0.05) is 28.2 Å². The van der Waals surface area contributed by atoms with Gasteiger partial charge in [-0.3, -0.25) is 9.36 Å². The molecule has 45 heavy (non-hydrogen) atoms. The van der Waals surface area contributed by atoms with E-state index in [1.165, 1.54) is 17.4 Å². The van der Waals surface area contributed by atoms with Gasteiger partial charge in [0.2, 0.25) is 0 Å². The topological polar surface area (TPSA) is 74.8 Å². The number of methoxy groups -OCH3 is 1. The number of thiazole rings is 1. The van der Waals surface area contributed by atoms with Crippen molar-refractivity contribution < 1.29 is 18.7 Å². The van der Waals surface area contributed by atoms with E-state index in [-0.39, 0.29) is 18.0 Å². The third-order valence-corrected chi connectivity index (χ3v) is 9.39. The molecule has 1 aliphatic heterocycles. The molecule has 230 valence electrons. The van der Waals surface area contributed by atoms with Crippen LogP contribution in [0.1, 0.15) is 49.4 Å². The van der Waals surface area contributed by atoms with Gasteiger partial charge in [-0.1, -0.05) is 67.1 Å². The van der Waals surface area contributed by atoms with E-state index in [0.717, 1.165) is 28.5 Å². The molecule has 0 bridgehead atoms. The fourth-order valence-corrected chi connectivity index (χ4v) is 7.33. The summed E-state index contributed by atoms with van der Waals surface area (Å²) in [6, 6.07) is 19.4. The summed E-state index contributed by atoms with van der Waals surface area (Å²) in [7, 11) is 1.58. The van der Waals surface area contributed by atoms with Gasteiger partial charge in [0.1, 0.15) is 11.6 Å². The Hall–Kier alpha value is -4.28. The standard InChI is InChI=1S/C35H31BrFN3O4S/c1-4-10-27-31(34(42)44-5-2)32(21-15-16-29(43-3)25(36)17-21)40-33(41)30(45-35(40)38-27)18-23-20-39(28-14-9-7-12-24(23)28)19-22-11-6-8-13-26(22)37/h6-9,11-18,20,32H,4-5,10,19H2,1-3H3/b30-18-/t32-/m1/s1. The van der Waals surface area contributed by atoms with Gasteiger partial charge < -0.3 is 14.0 Å². The van der Waals surface area contributed by atoms with Crippen molar-refractivity contribution in [1.29, 1.82) is 0 Å². The minimum atomic E-state index is -0.742. The lowest BCUT2D eigenvalue weighted by Crippen LogP contribution is -2.40. The summed E-state index contributed by atoms with van der Waals surface area (Å²) in [4.78, 5) is 33.2. The Kier molecular flexibility index (Phi) is 8.87. The molecule has 1 aliphatic rings. The van der Waals surface area contributed by atoms with Crippen LogP contribution in [-0.4, -0.2) is 28.8 Å². The van der Waals surface area contributed by atoms with Crippen LogP contribution in [0.25, 0.3) is 17.0 Å². The number of aromatic nitrogens is 2. The molecule has 6 rings (SSSR count). The number of rotatable bonds is 9. The summed E-state index contributed by atoms with van der Waals surface area (Å²) in [6.45, 7) is 4.32. The van der Waals surface area contributed by atoms with Gasteiger partial charge in [0.05, 0.1) is 46.6 Å². The molecule has 0 saturated carbocycles. The summed E-state index contributed by atoms with van der Waals surface area (Å²) in [5.41, 5.74) is 3.76. The Balaban J connectivity index is 1.55. The Morgan fingerprint density at radius 2 is 1.89 bits per heavy atom. The van der Waals surface area contributed by atoms with Crippen LogP contribution in [0.2, 0.25) is 0 Å². The number of nitrogens with zero attached hydrogens (tertiary/aromatic N) is 3. The van der Waals surface area contributed by atoms with Gasteiger partial charge in [-0.2, -0.15) is 0 Å². The van der Waals surface area contributed by atoms with Crippen molar-refractivity contribution in [2.45, 2.75) is 39.3 Å². The summed E-state index contributed by atoms with van der Waals surface area (Å²) in [5.74, 6) is -0.129. The van der Waals surface area contributed by atoms with Crippen LogP contribution in [0.15, 0.2) is 98.5 Å². The zero-order valence-electron chi connectivity index (χ0n) is 25.1. The monoisotopic (exact) mass is 687 g/mol. The van der Waals surface area contributed by atoms with Crippen molar-refractivity contribution in [2.75, 3.05) is 13.7 Å². The number of hydrogen-bond donors (Lipinski definition) is 0. The number of halogens is 2. The molecule has 3 aromatic carbocycles. The van der Waals surface area contributed by atoms with Crippen LogP contribution < -0.4 is 19.6 Å². The number of allylic oxidation sites excluding steroid dienone is 1. The van der Waals surface area contributed by atoms with E-state index in [1.54, 1.807) is 30.7 Å². The van der Waals surface area contributed by atoms with Crippen molar-refractivity contribution in [3.05, 3.63) is 131 Å². The number of carbonyl (C=O) groups excluding carboxylic acids is 1. The smallest absolute Gasteiger partial charge is 0.338 e. The van der Waals surface area contributed by atoms with Crippen LogP contribution in [-0.2, 0) is 16.1 Å². The van der Waals surface area contributed by atoms with Gasteiger partial charge in [-0.25, -0.2) is 14.2 Å². The summed E-state index contributed by atoms with van der Waals surface area (Å²) >= 11 is 4.86. The maximum absolute atomic E-state index is 14.6. The maximum atomic E-state index is 14.6. The van der Waals surface area contributed by atoms with Crippen LogP contribution in [0.3, 0.4) is 0 Å². The largest absolute Gasteiger partial charge is 0.496 e. The number of ether oxygens (including phenoxy) is 2. The van der Waals surface area contributed by atoms with E-state index in [1.807, 2.05) is 72.3 Å². The highest BCUT2D eigenvalue weighted by molar-refractivity contribution is 9.10. The lowest BCUT2D eigenvalue weighted by Gasteiger charge is -2.26. The number of hydrogen-bond acceptors (Lipinski definition) is 6. The van der Waals surface area contributed by atoms with Crippen LogP contribution in [0, 0.1) is 5.82 Å². The normalized spacial score (nSPS) is 14.9. The molecule has 0 radical (unpaired) electrons. The maximum Gasteiger partial charge on any atom is 0.338 e. The summed E-state index contributed by atoms with van der Waals surface area (Å²) < 4.78 is 30.3. The van der Waals surface area contributed by atoms with Crippen molar-refractivity contribution in [2.24, 2.45) is 4.99 Å². The first kappa shape index (κ1) is 30.7. The highest BCUT2D eigenvalue weighted by Crippen LogP contribution is 2.36. The fraction of sp³-hybridized carbons (Fsp3) is 0.229. The quantitative estimate of drug-likeness (QED) is 0.166. The zero-order chi connectivity index (χ0) is 31.7. The molecule has 2 aromatic heterocycles. The molecule has 1 atom stereocenters. The van der Waals surface area contributed by atoms with E-state index in [9.17, 15) is 14.0 Å². The van der Waals surface area contributed by atoms with Crippen molar-refractivity contribution in [1.82, 2.24) is 9.13 Å². The lowest BCUT2D eigenvalue weighted by atomic mass is 9.94. The molecular weight excluding hydrogens is 657 g/mol. The second kappa shape index (κ2) is 13.0. The first-order valence-electron chi connectivity index (χ1n) is 14.7. The molecule has 7 nitrogen and oxygen atoms in total. The molecule has 0 N–H and O–H groups in total. The molecule has 0 saturated heterocycles. The van der Waals surface area contributed by atoms with Crippen molar-refractivity contribution >= 4 is 50.2 Å². The summed E-state index contributed by atoms with van der Waals surface area (Å²) in [6.07, 6.45) is 5.12. The second-order valence-electron chi connectivity index (χ2n) is 10.6. The van der Waals surface area contributed by atoms with Gasteiger partial charge in [-0.05, 0) is 65.2 Å². The average Bonchev–Trinajstić information content (AvgIpc) is 3.54. The van der Waals surface area contributed by atoms with Crippen molar-refractivity contribution in [3.63, 3.8) is 0 Å². The second-order valence-corrected chi connectivity index (χ2v) is 12.5. The molecule has 0 aliphatic carbocycles. The Bertz CT molecular complexity index is 2150. The van der Waals surface area contributed by atoms with Crippen LogP contribution in [0.4, 0.5) is 4.39 Å². The first-order chi connectivity index (χ1) is 21.8. The average molecular weight is 689 g/mol. The SMILES string of the molecule is CCCC1=C(C(=O)OCC)[C@@H](c2ccc(OC)c(Br)c2)n2c(s/c(=C\c3cn(Cc4ccccc4F)c4ccccc34)c2=O)=N1. The fourth-order valence-electron chi connectivity index (χ4n) is 5.76. The number of para-hydroxylation sites is 1. The minimum absolute atomic E-state index is 0.197. The van der Waals surface area contributed by atoms with Crippen LogP contribution in [0.5, 0.6) is 5.75 Å². The Morgan fingerprint density at radius 1 is 1.11 bits per heavy atom. The molecule has 0 unspecified atom stereocenters. The molecular formula is C35H31BrFN3O4S.